The lowest BCUT2D eigenvalue weighted by atomic mass is 10.1. The average molecular weight is 391 g/mol. The Bertz CT molecular complexity index is 1010. The number of pyridine rings is 1. The summed E-state index contributed by atoms with van der Waals surface area (Å²) in [5.74, 6) is -0.323. The van der Waals surface area contributed by atoms with E-state index in [4.69, 9.17) is 9.47 Å². The molecule has 0 spiro atoms. The van der Waals surface area contributed by atoms with Crippen LogP contribution in [0.4, 0.5) is 17.1 Å². The van der Waals surface area contributed by atoms with Gasteiger partial charge < -0.3 is 19.7 Å². The minimum Gasteiger partial charge on any atom is -0.462 e. The van der Waals surface area contributed by atoms with Gasteiger partial charge in [-0.2, -0.15) is 0 Å². The third-order valence-electron chi connectivity index (χ3n) is 4.97. The summed E-state index contributed by atoms with van der Waals surface area (Å²) in [6.07, 6.45) is 0. The number of hydrogen-bond acceptors (Lipinski definition) is 6. The van der Waals surface area contributed by atoms with Gasteiger partial charge in [-0.25, -0.2) is 4.79 Å². The number of carbonyl (C=O) groups is 1. The largest absolute Gasteiger partial charge is 0.462 e. The molecular formula is C23H25N3O3. The first-order chi connectivity index (χ1) is 14.1. The lowest BCUT2D eigenvalue weighted by Crippen LogP contribution is -2.36. The Kier molecular flexibility index (Phi) is 5.62. The highest BCUT2D eigenvalue weighted by molar-refractivity contribution is 5.99. The zero-order valence-electron chi connectivity index (χ0n) is 16.8. The van der Waals surface area contributed by atoms with Crippen molar-refractivity contribution >= 4 is 33.9 Å². The maximum Gasteiger partial charge on any atom is 0.338 e. The van der Waals surface area contributed by atoms with E-state index < -0.39 is 0 Å². The molecule has 29 heavy (non-hydrogen) atoms. The second kappa shape index (κ2) is 8.49. The summed E-state index contributed by atoms with van der Waals surface area (Å²) >= 11 is 0. The maximum absolute atomic E-state index is 12.1. The fourth-order valence-electron chi connectivity index (χ4n) is 3.54. The maximum atomic E-state index is 12.1. The van der Waals surface area contributed by atoms with Crippen LogP contribution in [0, 0.1) is 6.92 Å². The standard InChI is InChI=1S/C23H25N3O3/c1-3-29-23(27)17-4-9-21-20(15-17)22(14-16(2)24-21)25-18-5-7-19(8-6-18)26-10-12-28-13-11-26/h4-9,14-15H,3,10-13H2,1-2H3,(H,24,25). The van der Waals surface area contributed by atoms with E-state index in [0.717, 1.165) is 54.3 Å². The summed E-state index contributed by atoms with van der Waals surface area (Å²) in [5.41, 5.74) is 5.36. The van der Waals surface area contributed by atoms with Crippen molar-refractivity contribution in [1.29, 1.82) is 0 Å². The van der Waals surface area contributed by atoms with E-state index in [2.05, 4.69) is 39.5 Å². The van der Waals surface area contributed by atoms with Crippen molar-refractivity contribution in [2.24, 2.45) is 0 Å². The molecule has 4 rings (SSSR count). The van der Waals surface area contributed by atoms with Gasteiger partial charge in [-0.3, -0.25) is 4.98 Å². The number of aromatic nitrogens is 1. The normalized spacial score (nSPS) is 14.1. The number of nitrogens with zero attached hydrogens (tertiary/aromatic N) is 2. The van der Waals surface area contributed by atoms with Crippen LogP contribution < -0.4 is 10.2 Å². The van der Waals surface area contributed by atoms with Gasteiger partial charge >= 0.3 is 5.97 Å². The number of hydrogen-bond donors (Lipinski definition) is 1. The molecule has 0 unspecified atom stereocenters. The number of morpholine rings is 1. The van der Waals surface area contributed by atoms with Gasteiger partial charge in [-0.15, -0.1) is 0 Å². The molecule has 1 aliphatic heterocycles. The van der Waals surface area contributed by atoms with Crippen LogP contribution in [0.15, 0.2) is 48.5 Å². The predicted octanol–water partition coefficient (Wildman–Crippen LogP) is 4.30. The molecule has 6 nitrogen and oxygen atoms in total. The lowest BCUT2D eigenvalue weighted by Gasteiger charge is -2.29. The molecule has 3 aromatic rings. The second-order valence-corrected chi connectivity index (χ2v) is 7.03. The number of esters is 1. The molecule has 1 saturated heterocycles. The van der Waals surface area contributed by atoms with Gasteiger partial charge in [0.15, 0.2) is 0 Å². The van der Waals surface area contributed by atoms with E-state index in [-0.39, 0.29) is 5.97 Å². The van der Waals surface area contributed by atoms with Crippen LogP contribution in [-0.4, -0.2) is 43.9 Å². The second-order valence-electron chi connectivity index (χ2n) is 7.03. The van der Waals surface area contributed by atoms with Crippen LogP contribution in [0.5, 0.6) is 0 Å². The quantitative estimate of drug-likeness (QED) is 0.654. The van der Waals surface area contributed by atoms with Crippen molar-refractivity contribution < 1.29 is 14.3 Å². The summed E-state index contributed by atoms with van der Waals surface area (Å²) in [6, 6.07) is 15.8. The Morgan fingerprint density at radius 3 is 2.62 bits per heavy atom. The van der Waals surface area contributed by atoms with Crippen LogP contribution in [0.25, 0.3) is 10.9 Å². The van der Waals surface area contributed by atoms with E-state index >= 15 is 0 Å². The number of anilines is 3. The zero-order valence-corrected chi connectivity index (χ0v) is 16.8. The first-order valence-corrected chi connectivity index (χ1v) is 9.92. The molecule has 0 bridgehead atoms. The van der Waals surface area contributed by atoms with Crippen molar-refractivity contribution in [3.8, 4) is 0 Å². The molecule has 1 aliphatic rings. The molecule has 0 radical (unpaired) electrons. The highest BCUT2D eigenvalue weighted by atomic mass is 16.5. The van der Waals surface area contributed by atoms with Crippen LogP contribution in [0.3, 0.4) is 0 Å². The zero-order chi connectivity index (χ0) is 20.2. The van der Waals surface area contributed by atoms with E-state index in [1.807, 2.05) is 25.1 Å². The third kappa shape index (κ3) is 4.32. The average Bonchev–Trinajstić information content (AvgIpc) is 2.75. The fourth-order valence-corrected chi connectivity index (χ4v) is 3.54. The van der Waals surface area contributed by atoms with Gasteiger partial charge in [0.05, 0.1) is 30.9 Å². The molecule has 0 aliphatic carbocycles. The van der Waals surface area contributed by atoms with Gasteiger partial charge in [0.2, 0.25) is 0 Å². The first-order valence-electron chi connectivity index (χ1n) is 9.92. The number of fused-ring (bicyclic) bond motifs is 1. The van der Waals surface area contributed by atoms with Crippen molar-refractivity contribution in [2.75, 3.05) is 43.1 Å². The van der Waals surface area contributed by atoms with Gasteiger partial charge in [-0.1, -0.05) is 0 Å². The van der Waals surface area contributed by atoms with Crippen molar-refractivity contribution in [3.63, 3.8) is 0 Å². The number of aryl methyl sites for hydroxylation is 1. The van der Waals surface area contributed by atoms with E-state index in [1.54, 1.807) is 13.0 Å². The Morgan fingerprint density at radius 1 is 1.14 bits per heavy atom. The van der Waals surface area contributed by atoms with Crippen LogP contribution in [0.1, 0.15) is 23.0 Å². The van der Waals surface area contributed by atoms with Crippen LogP contribution in [0.2, 0.25) is 0 Å². The number of ether oxygens (including phenoxy) is 2. The summed E-state index contributed by atoms with van der Waals surface area (Å²) in [6.45, 7) is 7.48. The molecule has 0 saturated carbocycles. The highest BCUT2D eigenvalue weighted by Crippen LogP contribution is 2.29. The minimum absolute atomic E-state index is 0.323. The van der Waals surface area contributed by atoms with E-state index in [0.29, 0.717) is 12.2 Å². The molecule has 6 heteroatoms. The van der Waals surface area contributed by atoms with Gasteiger partial charge in [0.25, 0.3) is 0 Å². The third-order valence-corrected chi connectivity index (χ3v) is 4.97. The lowest BCUT2D eigenvalue weighted by molar-refractivity contribution is 0.0526. The van der Waals surface area contributed by atoms with Crippen molar-refractivity contribution in [3.05, 3.63) is 59.8 Å². The molecule has 1 fully saturated rings. The molecule has 2 heterocycles. The minimum atomic E-state index is -0.323. The molecule has 0 amide bonds. The van der Waals surface area contributed by atoms with E-state index in [1.165, 1.54) is 5.69 Å². The Morgan fingerprint density at radius 2 is 1.90 bits per heavy atom. The van der Waals surface area contributed by atoms with Crippen molar-refractivity contribution in [2.45, 2.75) is 13.8 Å². The molecule has 1 aromatic heterocycles. The predicted molar refractivity (Wildman–Crippen MR) is 115 cm³/mol. The number of benzene rings is 2. The van der Waals surface area contributed by atoms with Crippen LogP contribution in [-0.2, 0) is 9.47 Å². The summed E-state index contributed by atoms with van der Waals surface area (Å²) in [5, 5.41) is 4.37. The number of nitrogens with one attached hydrogen (secondary N) is 1. The molecule has 1 N–H and O–H groups in total. The topological polar surface area (TPSA) is 63.7 Å². The molecule has 150 valence electrons. The van der Waals surface area contributed by atoms with Gasteiger partial charge in [0, 0.05) is 41.2 Å². The smallest absolute Gasteiger partial charge is 0.338 e. The Hall–Kier alpha value is -3.12. The number of rotatable bonds is 5. The van der Waals surface area contributed by atoms with E-state index in [9.17, 15) is 4.79 Å². The summed E-state index contributed by atoms with van der Waals surface area (Å²) in [4.78, 5) is 19.0. The summed E-state index contributed by atoms with van der Waals surface area (Å²) < 4.78 is 10.6. The monoisotopic (exact) mass is 391 g/mol. The van der Waals surface area contributed by atoms with Crippen molar-refractivity contribution in [1.82, 2.24) is 4.98 Å². The Balaban J connectivity index is 1.62. The molecule has 2 aromatic carbocycles. The first kappa shape index (κ1) is 19.2. The molecular weight excluding hydrogens is 366 g/mol. The van der Waals surface area contributed by atoms with Gasteiger partial charge in [0.1, 0.15) is 0 Å². The van der Waals surface area contributed by atoms with Gasteiger partial charge in [-0.05, 0) is 62.4 Å². The fraction of sp³-hybridized carbons (Fsp3) is 0.304. The SMILES string of the molecule is CCOC(=O)c1ccc2nc(C)cc(Nc3ccc(N4CCOCC4)cc3)c2c1. The highest BCUT2D eigenvalue weighted by Gasteiger charge is 2.13. The molecule has 0 atom stereocenters. The number of carbonyl (C=O) groups excluding carboxylic acids is 1. The summed E-state index contributed by atoms with van der Waals surface area (Å²) in [7, 11) is 0. The van der Waals surface area contributed by atoms with Crippen LogP contribution >= 0.6 is 0 Å². The Labute approximate surface area is 170 Å².